The number of aliphatic hydroxyl groups excluding tert-OH is 1. The molecule has 0 radical (unpaired) electrons. The van der Waals surface area contributed by atoms with E-state index in [1.807, 2.05) is 0 Å². The first-order valence-corrected chi connectivity index (χ1v) is 5.97. The van der Waals surface area contributed by atoms with Crippen molar-refractivity contribution >= 4 is 29.3 Å². The molecule has 0 aliphatic rings. The SMILES string of the molecule is CC(=O)[C@](O)(C(=O)O)[C@](O)(C(C)=O)[C@@](O)(C(C)=O)[C@H](O)C(=O)O. The van der Waals surface area contributed by atoms with Crippen LogP contribution >= 0.6 is 0 Å². The van der Waals surface area contributed by atoms with Crippen molar-refractivity contribution in [2.45, 2.75) is 43.7 Å². The molecule has 0 aromatic rings. The highest BCUT2D eigenvalue weighted by Crippen LogP contribution is 2.39. The minimum Gasteiger partial charge on any atom is -0.479 e. The number of carboxylic acid groups (broad SMARTS) is 2. The van der Waals surface area contributed by atoms with E-state index in [9.17, 15) is 44.4 Å². The van der Waals surface area contributed by atoms with Gasteiger partial charge in [0, 0.05) is 0 Å². The molecule has 0 rings (SSSR count). The number of aliphatic carboxylic acids is 2. The summed E-state index contributed by atoms with van der Waals surface area (Å²) in [5.41, 5.74) is -12.3. The number of hydrogen-bond donors (Lipinski definition) is 6. The summed E-state index contributed by atoms with van der Waals surface area (Å²) in [7, 11) is 0. The topological polar surface area (TPSA) is 207 Å². The first-order valence-electron chi connectivity index (χ1n) is 5.97. The van der Waals surface area contributed by atoms with Crippen molar-refractivity contribution in [2.75, 3.05) is 0 Å². The summed E-state index contributed by atoms with van der Waals surface area (Å²) >= 11 is 0. The Morgan fingerprint density at radius 2 is 1.17 bits per heavy atom. The second kappa shape index (κ2) is 6.12. The highest BCUT2D eigenvalue weighted by Gasteiger charge is 2.76. The zero-order valence-electron chi connectivity index (χ0n) is 12.3. The zero-order valence-corrected chi connectivity index (χ0v) is 12.3. The van der Waals surface area contributed by atoms with E-state index in [0.717, 1.165) is 0 Å². The molecule has 6 N–H and O–H groups in total. The monoisotopic (exact) mass is 336 g/mol. The number of ketones is 3. The van der Waals surface area contributed by atoms with E-state index in [2.05, 4.69) is 0 Å². The van der Waals surface area contributed by atoms with E-state index >= 15 is 0 Å². The second-order valence-corrected chi connectivity index (χ2v) is 4.90. The number of carbonyl (C=O) groups excluding carboxylic acids is 3. The molecule has 130 valence electrons. The van der Waals surface area contributed by atoms with Crippen molar-refractivity contribution < 1.29 is 54.6 Å². The molecule has 11 heteroatoms. The molecule has 0 heterocycles. The molecule has 0 aromatic heterocycles. The van der Waals surface area contributed by atoms with Gasteiger partial charge in [-0.2, -0.15) is 0 Å². The predicted octanol–water partition coefficient (Wildman–Crippen LogP) is -3.52. The van der Waals surface area contributed by atoms with Crippen LogP contribution in [0.3, 0.4) is 0 Å². The Labute approximate surface area is 128 Å². The number of aliphatic hydroxyl groups is 4. The van der Waals surface area contributed by atoms with Gasteiger partial charge in [0.25, 0.3) is 5.60 Å². The van der Waals surface area contributed by atoms with E-state index < -0.39 is 52.2 Å². The molecule has 0 unspecified atom stereocenters. The van der Waals surface area contributed by atoms with E-state index in [1.165, 1.54) is 0 Å². The fourth-order valence-electron chi connectivity index (χ4n) is 2.18. The predicted molar refractivity (Wildman–Crippen MR) is 68.2 cm³/mol. The highest BCUT2D eigenvalue weighted by molar-refractivity contribution is 6.15. The van der Waals surface area contributed by atoms with E-state index in [0.29, 0.717) is 20.8 Å². The van der Waals surface area contributed by atoms with Gasteiger partial charge in [-0.25, -0.2) is 9.59 Å². The summed E-state index contributed by atoms with van der Waals surface area (Å²) in [6, 6.07) is 0. The Balaban J connectivity index is 7.05. The molecule has 11 nitrogen and oxygen atoms in total. The van der Waals surface area contributed by atoms with Crippen LogP contribution < -0.4 is 0 Å². The zero-order chi connectivity index (χ0) is 19.0. The smallest absolute Gasteiger partial charge is 0.347 e. The minimum absolute atomic E-state index is 0.388. The van der Waals surface area contributed by atoms with Gasteiger partial charge in [-0.1, -0.05) is 0 Å². The Hall–Kier alpha value is -2.21. The van der Waals surface area contributed by atoms with Gasteiger partial charge in [-0.15, -0.1) is 0 Å². The maximum Gasteiger partial charge on any atom is 0.347 e. The Kier molecular flexibility index (Phi) is 5.53. The molecule has 0 aromatic carbocycles. The maximum absolute atomic E-state index is 11.8. The van der Waals surface area contributed by atoms with Crippen LogP contribution in [0.15, 0.2) is 0 Å². The summed E-state index contributed by atoms with van der Waals surface area (Å²) in [6.07, 6.45) is -3.22. The largest absolute Gasteiger partial charge is 0.479 e. The number of carboxylic acids is 2. The van der Waals surface area contributed by atoms with Crippen LogP contribution in [0.5, 0.6) is 0 Å². The molecular formula is C12H16O11. The first kappa shape index (κ1) is 20.8. The molecule has 0 spiro atoms. The van der Waals surface area contributed by atoms with E-state index in [1.54, 1.807) is 0 Å². The molecule has 4 atom stereocenters. The van der Waals surface area contributed by atoms with Crippen LogP contribution in [0.1, 0.15) is 20.8 Å². The lowest BCUT2D eigenvalue weighted by atomic mass is 9.63. The standard InChI is InChI=1S/C12H16O11/c1-4(13)10(21,7(16)8(17)18)12(23,6(3)15)11(22,5(2)14)9(19)20/h7,16,21-23H,1-3H3,(H,17,18)(H,19,20)/t7-,10-,11+,12+/m1/s1. The second-order valence-electron chi connectivity index (χ2n) is 4.90. The Morgan fingerprint density at radius 1 is 0.783 bits per heavy atom. The van der Waals surface area contributed by atoms with Crippen LogP contribution in [0, 0.1) is 0 Å². The lowest BCUT2D eigenvalue weighted by molar-refractivity contribution is -0.249. The Bertz CT molecular complexity index is 566. The fraction of sp³-hybridized carbons (Fsp3) is 0.583. The average molecular weight is 336 g/mol. The van der Waals surface area contributed by atoms with Gasteiger partial charge in [-0.3, -0.25) is 14.4 Å². The van der Waals surface area contributed by atoms with Crippen LogP contribution in [0.4, 0.5) is 0 Å². The van der Waals surface area contributed by atoms with Gasteiger partial charge >= 0.3 is 11.9 Å². The van der Waals surface area contributed by atoms with Crippen LogP contribution in [-0.4, -0.2) is 82.8 Å². The molecular weight excluding hydrogens is 320 g/mol. The summed E-state index contributed by atoms with van der Waals surface area (Å²) in [5.74, 6) is -10.3. The van der Waals surface area contributed by atoms with Gasteiger partial charge in [0.2, 0.25) is 5.60 Å². The van der Waals surface area contributed by atoms with Gasteiger partial charge in [0.15, 0.2) is 29.1 Å². The van der Waals surface area contributed by atoms with Gasteiger partial charge < -0.3 is 30.6 Å². The lowest BCUT2D eigenvalue weighted by Crippen LogP contribution is -2.81. The summed E-state index contributed by atoms with van der Waals surface area (Å²) in [4.78, 5) is 57.1. The fourth-order valence-corrected chi connectivity index (χ4v) is 2.18. The number of Topliss-reactive ketones (excluding diaryl/α,β-unsaturated/α-hetero) is 3. The molecule has 0 amide bonds. The van der Waals surface area contributed by atoms with Crippen molar-refractivity contribution in [1.82, 2.24) is 0 Å². The molecule has 0 aliphatic carbocycles. The third-order valence-corrected chi connectivity index (χ3v) is 3.57. The molecule has 0 saturated carbocycles. The van der Waals surface area contributed by atoms with Crippen molar-refractivity contribution in [2.24, 2.45) is 0 Å². The minimum atomic E-state index is -4.18. The molecule has 23 heavy (non-hydrogen) atoms. The number of rotatable bonds is 8. The van der Waals surface area contributed by atoms with Crippen molar-refractivity contribution in [3.8, 4) is 0 Å². The lowest BCUT2D eigenvalue weighted by Gasteiger charge is -2.47. The maximum atomic E-state index is 11.8. The molecule has 0 saturated heterocycles. The molecule has 0 bridgehead atoms. The quantitative estimate of drug-likeness (QED) is 0.239. The first-order chi connectivity index (χ1) is 10.1. The van der Waals surface area contributed by atoms with E-state index in [4.69, 9.17) is 10.2 Å². The number of carbonyl (C=O) groups is 5. The summed E-state index contributed by atoms with van der Waals surface area (Å²) in [5, 5.41) is 57.9. The van der Waals surface area contributed by atoms with Crippen molar-refractivity contribution in [1.29, 1.82) is 0 Å². The molecule has 0 fully saturated rings. The van der Waals surface area contributed by atoms with Crippen LogP contribution in [-0.2, 0) is 24.0 Å². The van der Waals surface area contributed by atoms with Crippen LogP contribution in [0.25, 0.3) is 0 Å². The van der Waals surface area contributed by atoms with Crippen molar-refractivity contribution in [3.63, 3.8) is 0 Å². The highest BCUT2D eigenvalue weighted by atomic mass is 16.5. The molecule has 0 aliphatic heterocycles. The van der Waals surface area contributed by atoms with Gasteiger partial charge in [0.05, 0.1) is 0 Å². The number of hydrogen-bond acceptors (Lipinski definition) is 9. The van der Waals surface area contributed by atoms with Crippen LogP contribution in [0.2, 0.25) is 0 Å². The average Bonchev–Trinajstić information content (AvgIpc) is 2.42. The summed E-state index contributed by atoms with van der Waals surface area (Å²) in [6.45, 7) is 1.22. The normalized spacial score (nSPS) is 20.3. The Morgan fingerprint density at radius 3 is 1.35 bits per heavy atom. The third kappa shape index (κ3) is 2.53. The van der Waals surface area contributed by atoms with Gasteiger partial charge in [-0.05, 0) is 20.8 Å². The van der Waals surface area contributed by atoms with Gasteiger partial charge in [0.1, 0.15) is 0 Å². The summed E-state index contributed by atoms with van der Waals surface area (Å²) < 4.78 is 0. The third-order valence-electron chi connectivity index (χ3n) is 3.57. The van der Waals surface area contributed by atoms with E-state index in [-0.39, 0.29) is 0 Å². The van der Waals surface area contributed by atoms with Crippen molar-refractivity contribution in [3.05, 3.63) is 0 Å².